The van der Waals surface area contributed by atoms with Crippen LogP contribution in [0.3, 0.4) is 0 Å². The van der Waals surface area contributed by atoms with Crippen molar-refractivity contribution in [3.8, 4) is 0 Å². The van der Waals surface area contributed by atoms with Crippen LogP contribution < -0.4 is 4.90 Å². The third kappa shape index (κ3) is 4.56. The van der Waals surface area contributed by atoms with E-state index in [4.69, 9.17) is 11.6 Å². The smallest absolute Gasteiger partial charge is 0.261 e. The van der Waals surface area contributed by atoms with Gasteiger partial charge in [0.1, 0.15) is 0 Å². The number of carbonyl (C=O) groups excluding carboxylic acids is 1. The zero-order valence-electron chi connectivity index (χ0n) is 16.8. The van der Waals surface area contributed by atoms with Gasteiger partial charge in [0.05, 0.1) is 21.2 Å². The van der Waals surface area contributed by atoms with Crippen molar-refractivity contribution < 1.29 is 13.2 Å². The Kier molecular flexibility index (Phi) is 7.61. The van der Waals surface area contributed by atoms with E-state index in [1.54, 1.807) is 20.9 Å². The van der Waals surface area contributed by atoms with Crippen LogP contribution in [0.15, 0.2) is 28.5 Å². The molecule has 6 nitrogen and oxygen atoms in total. The van der Waals surface area contributed by atoms with Crippen molar-refractivity contribution in [3.63, 3.8) is 0 Å². The van der Waals surface area contributed by atoms with E-state index in [0.29, 0.717) is 24.1 Å². The quantitative estimate of drug-likeness (QED) is 0.596. The van der Waals surface area contributed by atoms with Gasteiger partial charge in [0.15, 0.2) is 5.13 Å². The van der Waals surface area contributed by atoms with Gasteiger partial charge in [0.25, 0.3) is 5.91 Å². The van der Waals surface area contributed by atoms with E-state index in [-0.39, 0.29) is 15.5 Å². The van der Waals surface area contributed by atoms with Gasteiger partial charge in [-0.05, 0) is 30.5 Å². The molecular formula is C19H26ClN3O3S2. The molecule has 2 rings (SSSR count). The zero-order chi connectivity index (χ0) is 21.1. The maximum absolute atomic E-state index is 13.0. The molecule has 0 aliphatic heterocycles. The Hall–Kier alpha value is -1.48. The Morgan fingerprint density at radius 1 is 1.25 bits per heavy atom. The summed E-state index contributed by atoms with van der Waals surface area (Å²) in [4.78, 5) is 19.0. The van der Waals surface area contributed by atoms with Crippen LogP contribution in [0.1, 0.15) is 56.1 Å². The average Bonchev–Trinajstić information content (AvgIpc) is 3.17. The van der Waals surface area contributed by atoms with Crippen molar-refractivity contribution in [3.05, 3.63) is 39.9 Å². The van der Waals surface area contributed by atoms with Crippen LogP contribution in [0.25, 0.3) is 0 Å². The first kappa shape index (κ1) is 22.8. The molecular weight excluding hydrogens is 418 g/mol. The SMILES string of the molecule is CCC(C)c1csc(N(C)C(=O)c2cc(S(=O)(=O)N(CC)CC)ccc2Cl)n1. The van der Waals surface area contributed by atoms with Crippen molar-refractivity contribution in [2.45, 2.75) is 44.9 Å². The van der Waals surface area contributed by atoms with E-state index in [9.17, 15) is 13.2 Å². The maximum Gasteiger partial charge on any atom is 0.261 e. The number of thiazole rings is 1. The summed E-state index contributed by atoms with van der Waals surface area (Å²) in [7, 11) is -2.07. The first-order chi connectivity index (χ1) is 13.2. The van der Waals surface area contributed by atoms with Crippen molar-refractivity contribution in [2.75, 3.05) is 25.0 Å². The standard InChI is InChI=1S/C19H26ClN3O3S2/c1-6-13(4)17-12-27-19(21-17)22(5)18(24)15-11-14(9-10-16(15)20)28(25,26)23(7-2)8-3/h9-13H,6-8H2,1-5H3. The number of sulfonamides is 1. The molecule has 0 radical (unpaired) electrons. The molecule has 0 N–H and O–H groups in total. The number of benzene rings is 1. The van der Waals surface area contributed by atoms with E-state index in [1.165, 1.54) is 38.7 Å². The summed E-state index contributed by atoms with van der Waals surface area (Å²) in [5.41, 5.74) is 1.07. The average molecular weight is 444 g/mol. The largest absolute Gasteiger partial charge is 0.287 e. The van der Waals surface area contributed by atoms with Crippen LogP contribution in [0.2, 0.25) is 5.02 Å². The second-order valence-electron chi connectivity index (χ2n) is 6.46. The Labute approximate surface area is 176 Å². The molecule has 2 aromatic rings. The van der Waals surface area contributed by atoms with Gasteiger partial charge in [-0.1, -0.05) is 39.3 Å². The minimum absolute atomic E-state index is 0.0526. The van der Waals surface area contributed by atoms with E-state index < -0.39 is 15.9 Å². The fraction of sp³-hybridized carbons (Fsp3) is 0.474. The zero-order valence-corrected chi connectivity index (χ0v) is 19.2. The molecule has 0 saturated carbocycles. The van der Waals surface area contributed by atoms with Crippen LogP contribution in [-0.2, 0) is 10.0 Å². The predicted octanol–water partition coefficient (Wildman–Crippen LogP) is 4.62. The lowest BCUT2D eigenvalue weighted by Crippen LogP contribution is -2.31. The van der Waals surface area contributed by atoms with Crippen molar-refractivity contribution >= 4 is 44.0 Å². The minimum atomic E-state index is -3.68. The van der Waals surface area contributed by atoms with Gasteiger partial charge in [0.2, 0.25) is 10.0 Å². The van der Waals surface area contributed by atoms with Crippen LogP contribution >= 0.6 is 22.9 Å². The molecule has 0 saturated heterocycles. The van der Waals surface area contributed by atoms with E-state index >= 15 is 0 Å². The fourth-order valence-electron chi connectivity index (χ4n) is 2.67. The highest BCUT2D eigenvalue weighted by atomic mass is 35.5. The second-order valence-corrected chi connectivity index (χ2v) is 9.64. The van der Waals surface area contributed by atoms with Gasteiger partial charge >= 0.3 is 0 Å². The summed E-state index contributed by atoms with van der Waals surface area (Å²) >= 11 is 7.60. The lowest BCUT2D eigenvalue weighted by Gasteiger charge is -2.20. The molecule has 1 heterocycles. The summed E-state index contributed by atoms with van der Waals surface area (Å²) in [5, 5.41) is 2.69. The molecule has 0 fully saturated rings. The second kappa shape index (κ2) is 9.35. The Morgan fingerprint density at radius 3 is 2.46 bits per heavy atom. The Balaban J connectivity index is 2.39. The highest BCUT2D eigenvalue weighted by molar-refractivity contribution is 7.89. The number of amides is 1. The lowest BCUT2D eigenvalue weighted by molar-refractivity contribution is 0.0993. The highest BCUT2D eigenvalue weighted by Crippen LogP contribution is 2.29. The molecule has 1 aromatic carbocycles. The monoisotopic (exact) mass is 443 g/mol. The van der Waals surface area contributed by atoms with Gasteiger partial charge in [-0.2, -0.15) is 4.31 Å². The lowest BCUT2D eigenvalue weighted by atomic mass is 10.1. The number of carbonyl (C=O) groups is 1. The number of hydrogen-bond acceptors (Lipinski definition) is 5. The number of hydrogen-bond donors (Lipinski definition) is 0. The van der Waals surface area contributed by atoms with E-state index in [2.05, 4.69) is 18.8 Å². The third-order valence-electron chi connectivity index (χ3n) is 4.73. The van der Waals surface area contributed by atoms with Crippen molar-refractivity contribution in [2.24, 2.45) is 0 Å². The molecule has 1 unspecified atom stereocenters. The number of anilines is 1. The molecule has 1 atom stereocenters. The summed E-state index contributed by atoms with van der Waals surface area (Å²) in [6.45, 7) is 8.41. The third-order valence-corrected chi connectivity index (χ3v) is 8.04. The predicted molar refractivity (Wildman–Crippen MR) is 115 cm³/mol. The summed E-state index contributed by atoms with van der Waals surface area (Å²) in [6.07, 6.45) is 0.956. The molecule has 1 amide bonds. The summed E-state index contributed by atoms with van der Waals surface area (Å²) < 4.78 is 26.9. The molecule has 0 aliphatic rings. The van der Waals surface area contributed by atoms with Crippen LogP contribution in [0, 0.1) is 0 Å². The molecule has 0 bridgehead atoms. The van der Waals surface area contributed by atoms with Crippen LogP contribution in [0.4, 0.5) is 5.13 Å². The molecule has 28 heavy (non-hydrogen) atoms. The van der Waals surface area contributed by atoms with Crippen molar-refractivity contribution in [1.29, 1.82) is 0 Å². The Morgan fingerprint density at radius 2 is 1.89 bits per heavy atom. The molecule has 0 spiro atoms. The van der Waals surface area contributed by atoms with Crippen molar-refractivity contribution in [1.82, 2.24) is 9.29 Å². The summed E-state index contributed by atoms with van der Waals surface area (Å²) in [5.74, 6) is -0.0914. The van der Waals surface area contributed by atoms with Crippen LogP contribution in [0.5, 0.6) is 0 Å². The van der Waals surface area contributed by atoms with E-state index in [1.807, 2.05) is 5.38 Å². The minimum Gasteiger partial charge on any atom is -0.287 e. The van der Waals surface area contributed by atoms with Gasteiger partial charge in [-0.15, -0.1) is 11.3 Å². The maximum atomic E-state index is 13.0. The molecule has 1 aromatic heterocycles. The first-order valence-electron chi connectivity index (χ1n) is 9.20. The fourth-order valence-corrected chi connectivity index (χ4v) is 5.27. The van der Waals surface area contributed by atoms with Crippen LogP contribution in [-0.4, -0.2) is 43.8 Å². The van der Waals surface area contributed by atoms with Gasteiger partial charge in [0, 0.05) is 25.5 Å². The molecule has 9 heteroatoms. The van der Waals surface area contributed by atoms with Gasteiger partial charge < -0.3 is 0 Å². The normalized spacial score (nSPS) is 13.0. The summed E-state index contributed by atoms with van der Waals surface area (Å²) in [6, 6.07) is 4.22. The first-order valence-corrected chi connectivity index (χ1v) is 11.9. The Bertz CT molecular complexity index is 940. The topological polar surface area (TPSA) is 70.6 Å². The number of rotatable bonds is 8. The number of nitrogens with zero attached hydrogens (tertiary/aromatic N) is 3. The molecule has 0 aliphatic carbocycles. The number of halogens is 1. The number of aromatic nitrogens is 1. The van der Waals surface area contributed by atoms with Gasteiger partial charge in [-0.25, -0.2) is 13.4 Å². The van der Waals surface area contributed by atoms with Gasteiger partial charge in [-0.3, -0.25) is 9.69 Å². The highest BCUT2D eigenvalue weighted by Gasteiger charge is 2.26. The molecule has 154 valence electrons. The van der Waals surface area contributed by atoms with E-state index in [0.717, 1.165) is 12.1 Å².